The Morgan fingerprint density at radius 1 is 1.44 bits per heavy atom. The van der Waals surface area contributed by atoms with Crippen LogP contribution in [0.5, 0.6) is 0 Å². The predicted octanol–water partition coefficient (Wildman–Crippen LogP) is 2.65. The quantitative estimate of drug-likeness (QED) is 0.867. The first-order valence-electron chi connectivity index (χ1n) is 6.10. The number of nitrogens with one attached hydrogen (secondary N) is 1. The molecule has 0 atom stereocenters. The summed E-state index contributed by atoms with van der Waals surface area (Å²) in [6, 6.07) is 0. The van der Waals surface area contributed by atoms with Crippen LogP contribution in [0.2, 0.25) is 0 Å². The Kier molecular flexibility index (Phi) is 3.33. The van der Waals surface area contributed by atoms with Crippen molar-refractivity contribution >= 4 is 23.4 Å². The van der Waals surface area contributed by atoms with E-state index in [4.69, 9.17) is 17.0 Å². The fourth-order valence-electron chi connectivity index (χ4n) is 2.07. The minimum Gasteiger partial charge on any atom is -0.377 e. The van der Waals surface area contributed by atoms with E-state index in [9.17, 15) is 0 Å². The summed E-state index contributed by atoms with van der Waals surface area (Å²) in [7, 11) is 1.72. The molecule has 0 saturated heterocycles. The average molecular weight is 268 g/mol. The third kappa shape index (κ3) is 2.10. The molecule has 18 heavy (non-hydrogen) atoms. The third-order valence-electron chi connectivity index (χ3n) is 3.22. The van der Waals surface area contributed by atoms with E-state index in [0.717, 1.165) is 28.2 Å². The fraction of sp³-hybridized carbons (Fsp3) is 0.667. The van der Waals surface area contributed by atoms with Crippen LogP contribution in [0.25, 0.3) is 11.2 Å². The van der Waals surface area contributed by atoms with Gasteiger partial charge < -0.3 is 9.72 Å². The Hall–Kier alpha value is -1.14. The average Bonchev–Trinajstić information content (AvgIpc) is 2.79. The zero-order chi connectivity index (χ0) is 13.5. The first-order chi connectivity index (χ1) is 8.39. The van der Waals surface area contributed by atoms with E-state index in [1.165, 1.54) is 0 Å². The number of fused-ring (bicyclic) bond motifs is 1. The molecule has 0 aliphatic heterocycles. The number of hydrogen-bond donors (Lipinski definition) is 1. The summed E-state index contributed by atoms with van der Waals surface area (Å²) in [6.45, 7) is 9.69. The lowest BCUT2D eigenvalue weighted by Crippen LogP contribution is -2.29. The Balaban J connectivity index is 2.62. The maximum absolute atomic E-state index is 5.48. The molecule has 0 fully saturated rings. The monoisotopic (exact) mass is 268 g/mol. The first-order valence-corrected chi connectivity index (χ1v) is 6.51. The van der Waals surface area contributed by atoms with Crippen molar-refractivity contribution in [3.63, 3.8) is 0 Å². The molecule has 0 spiro atoms. The molecule has 0 aliphatic rings. The molecule has 100 valence electrons. The van der Waals surface area contributed by atoms with Gasteiger partial charge in [0.2, 0.25) is 0 Å². The normalized spacial score (nSPS) is 12.5. The molecule has 0 unspecified atom stereocenters. The lowest BCUT2D eigenvalue weighted by molar-refractivity contribution is 0.00849. The number of aromatic nitrogens is 4. The van der Waals surface area contributed by atoms with E-state index in [1.54, 1.807) is 7.11 Å². The van der Waals surface area contributed by atoms with Gasteiger partial charge in [0.25, 0.3) is 0 Å². The van der Waals surface area contributed by atoms with E-state index >= 15 is 0 Å². The molecule has 2 rings (SSSR count). The highest BCUT2D eigenvalue weighted by molar-refractivity contribution is 7.71. The minimum absolute atomic E-state index is 0.260. The van der Waals surface area contributed by atoms with Crippen LogP contribution in [0.1, 0.15) is 26.5 Å². The second kappa shape index (κ2) is 4.51. The van der Waals surface area contributed by atoms with Crippen molar-refractivity contribution in [1.29, 1.82) is 0 Å². The summed E-state index contributed by atoms with van der Waals surface area (Å²) < 4.78 is 10.2. The van der Waals surface area contributed by atoms with Gasteiger partial charge in [0.05, 0.1) is 17.8 Å². The van der Waals surface area contributed by atoms with Gasteiger partial charge in [-0.05, 0) is 39.9 Å². The molecule has 2 aromatic rings. The Labute approximate surface area is 112 Å². The van der Waals surface area contributed by atoms with E-state index in [2.05, 4.69) is 21.6 Å². The van der Waals surface area contributed by atoms with Crippen LogP contribution >= 0.6 is 12.2 Å². The zero-order valence-electron chi connectivity index (χ0n) is 11.6. The van der Waals surface area contributed by atoms with Gasteiger partial charge in [-0.25, -0.2) is 4.68 Å². The van der Waals surface area contributed by atoms with Gasteiger partial charge >= 0.3 is 0 Å². The largest absolute Gasteiger partial charge is 0.377 e. The van der Waals surface area contributed by atoms with Crippen LogP contribution in [0.15, 0.2) is 0 Å². The van der Waals surface area contributed by atoms with Crippen molar-refractivity contribution in [2.45, 2.75) is 46.4 Å². The second-order valence-corrected chi connectivity index (χ2v) is 5.47. The Bertz CT molecular complexity index is 620. The van der Waals surface area contributed by atoms with E-state index < -0.39 is 0 Å². The molecule has 0 radical (unpaired) electrons. The molecular weight excluding hydrogens is 248 g/mol. The van der Waals surface area contributed by atoms with Gasteiger partial charge in [0.1, 0.15) is 5.52 Å². The minimum atomic E-state index is -0.260. The van der Waals surface area contributed by atoms with Crippen molar-refractivity contribution in [1.82, 2.24) is 19.3 Å². The molecule has 6 heteroatoms. The fourth-order valence-corrected chi connectivity index (χ4v) is 2.33. The van der Waals surface area contributed by atoms with E-state index in [-0.39, 0.29) is 5.60 Å². The SMILES string of the molecule is CCn1nc(C)c2[nH]c(=S)n(CC(C)(C)OC)c21. The number of rotatable bonds is 4. The molecule has 2 heterocycles. The van der Waals surface area contributed by atoms with Gasteiger partial charge in [-0.3, -0.25) is 4.57 Å². The zero-order valence-corrected chi connectivity index (χ0v) is 12.4. The van der Waals surface area contributed by atoms with Crippen LogP contribution in [0.4, 0.5) is 0 Å². The van der Waals surface area contributed by atoms with Crippen LogP contribution in [-0.2, 0) is 17.8 Å². The Morgan fingerprint density at radius 2 is 2.11 bits per heavy atom. The maximum atomic E-state index is 5.48. The smallest absolute Gasteiger partial charge is 0.179 e. The highest BCUT2D eigenvalue weighted by atomic mass is 32.1. The number of nitrogens with zero attached hydrogens (tertiary/aromatic N) is 3. The summed E-state index contributed by atoms with van der Waals surface area (Å²) in [4.78, 5) is 3.24. The number of imidazole rings is 1. The van der Waals surface area contributed by atoms with Crippen LogP contribution < -0.4 is 0 Å². The van der Waals surface area contributed by atoms with Crippen molar-refractivity contribution in [3.05, 3.63) is 10.5 Å². The summed E-state index contributed by atoms with van der Waals surface area (Å²) in [5.74, 6) is 0. The topological polar surface area (TPSA) is 47.8 Å². The molecule has 0 saturated carbocycles. The lowest BCUT2D eigenvalue weighted by Gasteiger charge is -2.23. The summed E-state index contributed by atoms with van der Waals surface area (Å²) in [5.41, 5.74) is 2.79. The predicted molar refractivity (Wildman–Crippen MR) is 74.4 cm³/mol. The molecular formula is C12H20N4OS. The molecule has 0 aromatic carbocycles. The van der Waals surface area contributed by atoms with Crippen molar-refractivity contribution in [3.8, 4) is 0 Å². The number of H-pyrrole nitrogens is 1. The van der Waals surface area contributed by atoms with E-state index in [1.807, 2.05) is 25.5 Å². The summed E-state index contributed by atoms with van der Waals surface area (Å²) >= 11 is 5.40. The van der Waals surface area contributed by atoms with Crippen molar-refractivity contribution < 1.29 is 4.74 Å². The molecule has 5 nitrogen and oxygen atoms in total. The van der Waals surface area contributed by atoms with Crippen molar-refractivity contribution in [2.24, 2.45) is 0 Å². The summed E-state index contributed by atoms with van der Waals surface area (Å²) in [6.07, 6.45) is 0. The number of ether oxygens (including phenoxy) is 1. The highest BCUT2D eigenvalue weighted by Gasteiger charge is 2.21. The van der Waals surface area contributed by atoms with Gasteiger partial charge in [0.15, 0.2) is 10.4 Å². The number of aromatic amines is 1. The molecule has 0 bridgehead atoms. The van der Waals surface area contributed by atoms with Gasteiger partial charge in [0, 0.05) is 13.7 Å². The first kappa shape index (κ1) is 13.3. The van der Waals surface area contributed by atoms with Crippen LogP contribution in [0, 0.1) is 11.7 Å². The lowest BCUT2D eigenvalue weighted by atomic mass is 10.1. The van der Waals surface area contributed by atoms with Crippen LogP contribution in [0.3, 0.4) is 0 Å². The molecule has 1 N–H and O–H groups in total. The third-order valence-corrected chi connectivity index (χ3v) is 3.55. The van der Waals surface area contributed by atoms with Gasteiger partial charge in [-0.1, -0.05) is 0 Å². The molecule has 2 aromatic heterocycles. The number of aryl methyl sites for hydroxylation is 2. The van der Waals surface area contributed by atoms with E-state index in [0.29, 0.717) is 6.54 Å². The van der Waals surface area contributed by atoms with Gasteiger partial charge in [-0.2, -0.15) is 5.10 Å². The maximum Gasteiger partial charge on any atom is 0.179 e. The second-order valence-electron chi connectivity index (χ2n) is 5.08. The van der Waals surface area contributed by atoms with Crippen molar-refractivity contribution in [2.75, 3.05) is 7.11 Å². The highest BCUT2D eigenvalue weighted by Crippen LogP contribution is 2.21. The number of hydrogen-bond acceptors (Lipinski definition) is 3. The standard InChI is InChI=1S/C12H20N4OS/c1-6-16-10-9(8(2)14-16)13-11(18)15(10)7-12(3,4)17-5/h6-7H2,1-5H3,(H,13,18). The van der Waals surface area contributed by atoms with Gasteiger partial charge in [-0.15, -0.1) is 0 Å². The summed E-state index contributed by atoms with van der Waals surface area (Å²) in [5, 5.41) is 4.50. The Morgan fingerprint density at radius 3 is 2.67 bits per heavy atom. The number of methoxy groups -OCH3 is 1. The van der Waals surface area contributed by atoms with Crippen LogP contribution in [-0.4, -0.2) is 32.0 Å². The molecule has 0 amide bonds. The molecule has 0 aliphatic carbocycles.